The molecule has 5 nitrogen and oxygen atoms in total. The molecule has 112 valence electrons. The molecule has 1 saturated heterocycles. The number of aliphatic carboxylic acids is 1. The van der Waals surface area contributed by atoms with Crippen LogP contribution in [0.15, 0.2) is 5.38 Å². The Bertz CT molecular complexity index is 453. The molecule has 0 amide bonds. The van der Waals surface area contributed by atoms with Crippen molar-refractivity contribution in [1.29, 1.82) is 0 Å². The van der Waals surface area contributed by atoms with Gasteiger partial charge in [0.05, 0.1) is 29.3 Å². The van der Waals surface area contributed by atoms with Gasteiger partial charge in [-0.25, -0.2) is 4.98 Å². The molecule has 0 spiro atoms. The van der Waals surface area contributed by atoms with Crippen molar-refractivity contribution in [1.82, 2.24) is 9.88 Å². The lowest BCUT2D eigenvalue weighted by molar-refractivity contribution is -0.136. The number of hydrogen-bond donors (Lipinski definition) is 1. The predicted molar refractivity (Wildman–Crippen MR) is 78.3 cm³/mol. The second-order valence-corrected chi connectivity index (χ2v) is 6.51. The zero-order valence-electron chi connectivity index (χ0n) is 12.2. The topological polar surface area (TPSA) is 62.7 Å². The van der Waals surface area contributed by atoms with Crippen molar-refractivity contribution in [3.05, 3.63) is 16.1 Å². The van der Waals surface area contributed by atoms with Crippen LogP contribution in [-0.2, 0) is 16.0 Å². The van der Waals surface area contributed by atoms with E-state index in [2.05, 4.69) is 30.7 Å². The van der Waals surface area contributed by atoms with E-state index in [1.807, 2.05) is 5.38 Å². The molecule has 1 fully saturated rings. The Hall–Kier alpha value is -0.980. The number of hydrogen-bond acceptors (Lipinski definition) is 5. The Morgan fingerprint density at radius 3 is 2.80 bits per heavy atom. The Balaban J connectivity index is 1.92. The number of carboxylic acids is 1. The van der Waals surface area contributed by atoms with Crippen LogP contribution in [0.1, 0.15) is 37.4 Å². The van der Waals surface area contributed by atoms with E-state index in [4.69, 9.17) is 9.84 Å². The molecular weight excluding hydrogens is 276 g/mol. The molecule has 1 aliphatic rings. The standard InChI is InChI=1S/C14H22N2O3S/c1-9(5-16-6-10(2)19-11(3)7-16)14-15-12(8-20-14)4-13(17)18/h8-11H,4-7H2,1-3H3,(H,17,18). The van der Waals surface area contributed by atoms with E-state index in [1.165, 1.54) is 0 Å². The molecule has 1 aromatic rings. The zero-order chi connectivity index (χ0) is 14.7. The van der Waals surface area contributed by atoms with Crippen molar-refractivity contribution in [2.45, 2.75) is 45.3 Å². The average molecular weight is 298 g/mol. The van der Waals surface area contributed by atoms with Gasteiger partial charge >= 0.3 is 5.97 Å². The average Bonchev–Trinajstić information content (AvgIpc) is 2.75. The summed E-state index contributed by atoms with van der Waals surface area (Å²) in [6, 6.07) is 0. The summed E-state index contributed by atoms with van der Waals surface area (Å²) in [5, 5.41) is 11.6. The lowest BCUT2D eigenvalue weighted by atomic mass is 10.1. The molecule has 0 saturated carbocycles. The Morgan fingerprint density at radius 1 is 1.55 bits per heavy atom. The molecule has 0 bridgehead atoms. The van der Waals surface area contributed by atoms with Crippen LogP contribution in [0.2, 0.25) is 0 Å². The van der Waals surface area contributed by atoms with Gasteiger partial charge in [-0.2, -0.15) is 0 Å². The summed E-state index contributed by atoms with van der Waals surface area (Å²) < 4.78 is 5.73. The lowest BCUT2D eigenvalue weighted by Crippen LogP contribution is -2.46. The van der Waals surface area contributed by atoms with E-state index in [-0.39, 0.29) is 18.6 Å². The maximum atomic E-state index is 10.7. The molecule has 1 N–H and O–H groups in total. The minimum Gasteiger partial charge on any atom is -0.481 e. The largest absolute Gasteiger partial charge is 0.481 e. The summed E-state index contributed by atoms with van der Waals surface area (Å²) >= 11 is 1.56. The normalized spacial score (nSPS) is 25.6. The van der Waals surface area contributed by atoms with Gasteiger partial charge in [0.2, 0.25) is 0 Å². The molecule has 3 atom stereocenters. The fraction of sp³-hybridized carbons (Fsp3) is 0.714. The maximum Gasteiger partial charge on any atom is 0.309 e. The van der Waals surface area contributed by atoms with Crippen LogP contribution in [0.3, 0.4) is 0 Å². The molecule has 2 rings (SSSR count). The third kappa shape index (κ3) is 4.26. The van der Waals surface area contributed by atoms with Crippen LogP contribution in [0.25, 0.3) is 0 Å². The van der Waals surface area contributed by atoms with Crippen LogP contribution >= 0.6 is 11.3 Å². The molecular formula is C14H22N2O3S. The van der Waals surface area contributed by atoms with Crippen molar-refractivity contribution in [3.63, 3.8) is 0 Å². The summed E-state index contributed by atoms with van der Waals surface area (Å²) in [4.78, 5) is 17.5. The first-order valence-corrected chi connectivity index (χ1v) is 7.86. The quantitative estimate of drug-likeness (QED) is 0.900. The Morgan fingerprint density at radius 2 is 2.20 bits per heavy atom. The Kier molecular flexibility index (Phi) is 5.12. The van der Waals surface area contributed by atoms with Crippen LogP contribution in [-0.4, -0.2) is 52.8 Å². The van der Waals surface area contributed by atoms with Gasteiger partial charge < -0.3 is 9.84 Å². The van der Waals surface area contributed by atoms with Gasteiger partial charge in [0, 0.05) is 30.9 Å². The van der Waals surface area contributed by atoms with Gasteiger partial charge in [-0.05, 0) is 13.8 Å². The smallest absolute Gasteiger partial charge is 0.309 e. The molecule has 0 aromatic carbocycles. The van der Waals surface area contributed by atoms with E-state index in [1.54, 1.807) is 11.3 Å². The van der Waals surface area contributed by atoms with E-state index < -0.39 is 5.97 Å². The monoisotopic (exact) mass is 298 g/mol. The minimum atomic E-state index is -0.828. The van der Waals surface area contributed by atoms with Gasteiger partial charge in [-0.3, -0.25) is 9.69 Å². The highest BCUT2D eigenvalue weighted by atomic mass is 32.1. The summed E-state index contributed by atoms with van der Waals surface area (Å²) in [7, 11) is 0. The summed E-state index contributed by atoms with van der Waals surface area (Å²) in [6.45, 7) is 9.18. The highest BCUT2D eigenvalue weighted by Crippen LogP contribution is 2.23. The first-order valence-electron chi connectivity index (χ1n) is 6.98. The van der Waals surface area contributed by atoms with Crippen molar-refractivity contribution < 1.29 is 14.6 Å². The van der Waals surface area contributed by atoms with E-state index in [9.17, 15) is 4.79 Å². The zero-order valence-corrected chi connectivity index (χ0v) is 13.0. The number of nitrogens with zero attached hydrogens (tertiary/aromatic N) is 2. The van der Waals surface area contributed by atoms with Crippen molar-refractivity contribution in [2.75, 3.05) is 19.6 Å². The van der Waals surface area contributed by atoms with Crippen LogP contribution in [0.5, 0.6) is 0 Å². The van der Waals surface area contributed by atoms with Gasteiger partial charge in [0.1, 0.15) is 0 Å². The SMILES string of the molecule is CC1CN(CC(C)c2nc(CC(=O)O)cs2)CC(C)O1. The number of thiazole rings is 1. The number of carboxylic acid groups (broad SMARTS) is 1. The second-order valence-electron chi connectivity index (χ2n) is 5.62. The second kappa shape index (κ2) is 6.65. The summed E-state index contributed by atoms with van der Waals surface area (Å²) in [6.07, 6.45) is 0.545. The molecule has 1 aromatic heterocycles. The summed E-state index contributed by atoms with van der Waals surface area (Å²) in [5.74, 6) is -0.509. The van der Waals surface area contributed by atoms with Crippen molar-refractivity contribution in [2.24, 2.45) is 0 Å². The highest BCUT2D eigenvalue weighted by Gasteiger charge is 2.24. The predicted octanol–water partition coefficient (Wildman–Crippen LogP) is 1.98. The van der Waals surface area contributed by atoms with Gasteiger partial charge in [-0.15, -0.1) is 11.3 Å². The number of ether oxygens (including phenoxy) is 1. The number of morpholine rings is 1. The van der Waals surface area contributed by atoms with Crippen LogP contribution < -0.4 is 0 Å². The van der Waals surface area contributed by atoms with Crippen molar-refractivity contribution in [3.8, 4) is 0 Å². The Labute approximate surface area is 123 Å². The van der Waals surface area contributed by atoms with E-state index in [0.717, 1.165) is 24.6 Å². The van der Waals surface area contributed by atoms with E-state index >= 15 is 0 Å². The van der Waals surface area contributed by atoms with Crippen LogP contribution in [0.4, 0.5) is 0 Å². The van der Waals surface area contributed by atoms with Crippen LogP contribution in [0, 0.1) is 0 Å². The molecule has 20 heavy (non-hydrogen) atoms. The number of carbonyl (C=O) groups is 1. The van der Waals surface area contributed by atoms with Gasteiger partial charge in [0.15, 0.2) is 0 Å². The van der Waals surface area contributed by atoms with Crippen molar-refractivity contribution >= 4 is 17.3 Å². The number of rotatable bonds is 5. The molecule has 3 unspecified atom stereocenters. The first-order chi connectivity index (χ1) is 9.44. The third-order valence-electron chi connectivity index (χ3n) is 3.35. The fourth-order valence-corrected chi connectivity index (χ4v) is 3.55. The molecule has 1 aliphatic heterocycles. The lowest BCUT2D eigenvalue weighted by Gasteiger charge is -2.36. The third-order valence-corrected chi connectivity index (χ3v) is 4.48. The minimum absolute atomic E-state index is 0.00877. The van der Waals surface area contributed by atoms with Gasteiger partial charge in [0.25, 0.3) is 0 Å². The molecule has 0 aliphatic carbocycles. The molecule has 6 heteroatoms. The summed E-state index contributed by atoms with van der Waals surface area (Å²) in [5.41, 5.74) is 0.660. The van der Waals surface area contributed by atoms with E-state index in [0.29, 0.717) is 11.6 Å². The fourth-order valence-electron chi connectivity index (χ4n) is 2.68. The number of aromatic nitrogens is 1. The maximum absolute atomic E-state index is 10.7. The molecule has 2 heterocycles. The molecule has 0 radical (unpaired) electrons. The first kappa shape index (κ1) is 15.4. The van der Waals surface area contributed by atoms with Gasteiger partial charge in [-0.1, -0.05) is 6.92 Å². The highest BCUT2D eigenvalue weighted by molar-refractivity contribution is 7.09.